The van der Waals surface area contributed by atoms with Gasteiger partial charge in [-0.3, -0.25) is 14.6 Å². The molecule has 3 heterocycles. The highest BCUT2D eigenvalue weighted by molar-refractivity contribution is 5.77. The Morgan fingerprint density at radius 2 is 2.18 bits per heavy atom. The highest BCUT2D eigenvalue weighted by Crippen LogP contribution is 2.11. The van der Waals surface area contributed by atoms with E-state index < -0.39 is 0 Å². The molecule has 0 fully saturated rings. The number of hydrogen-bond donors (Lipinski definition) is 1. The lowest BCUT2D eigenvalue weighted by Crippen LogP contribution is -2.28. The molecular weight excluding hydrogens is 278 g/mol. The predicted molar refractivity (Wildman–Crippen MR) is 82.4 cm³/mol. The highest BCUT2D eigenvalue weighted by atomic mass is 16.1. The molecule has 0 amide bonds. The Morgan fingerprint density at radius 1 is 1.41 bits per heavy atom. The van der Waals surface area contributed by atoms with E-state index in [0.29, 0.717) is 23.2 Å². The van der Waals surface area contributed by atoms with Crippen LogP contribution in [0.25, 0.3) is 16.7 Å². The first kappa shape index (κ1) is 14.0. The molecule has 1 N–H and O–H groups in total. The van der Waals surface area contributed by atoms with Gasteiger partial charge in [0.2, 0.25) is 0 Å². The van der Waals surface area contributed by atoms with Gasteiger partial charge in [-0.25, -0.2) is 4.98 Å². The lowest BCUT2D eigenvalue weighted by Gasteiger charge is -2.14. The molecule has 0 saturated heterocycles. The fourth-order valence-electron chi connectivity index (χ4n) is 2.52. The summed E-state index contributed by atoms with van der Waals surface area (Å²) in [5.74, 6) is 0.266. The minimum absolute atomic E-state index is 0.0934. The molecule has 22 heavy (non-hydrogen) atoms. The number of nitriles is 1. The number of rotatable bonds is 2. The Morgan fingerprint density at radius 3 is 2.86 bits per heavy atom. The van der Waals surface area contributed by atoms with E-state index in [1.165, 1.54) is 10.5 Å². The van der Waals surface area contributed by atoms with Gasteiger partial charge in [-0.05, 0) is 24.1 Å². The second kappa shape index (κ2) is 5.11. The average molecular weight is 293 g/mol. The van der Waals surface area contributed by atoms with Gasteiger partial charge < -0.3 is 4.57 Å². The monoisotopic (exact) mass is 293 g/mol. The van der Waals surface area contributed by atoms with Crippen LogP contribution in [-0.2, 0) is 6.54 Å². The molecule has 0 aliphatic rings. The van der Waals surface area contributed by atoms with Crippen molar-refractivity contribution in [1.29, 1.82) is 10.7 Å². The standard InChI is InChI=1S/C16H15N5O/c1-10(2)9-21-14(18)11(8-17)7-12-15(21)19-13-5-3-4-6-20(13)16(12)22/h3-7,10,18H,9H2,1-2H3. The van der Waals surface area contributed by atoms with Crippen LogP contribution in [0.2, 0.25) is 0 Å². The van der Waals surface area contributed by atoms with E-state index >= 15 is 0 Å². The van der Waals surface area contributed by atoms with Crippen molar-refractivity contribution in [3.05, 3.63) is 51.9 Å². The molecule has 3 aromatic rings. The quantitative estimate of drug-likeness (QED) is 0.729. The Hall–Kier alpha value is -2.94. The van der Waals surface area contributed by atoms with E-state index in [9.17, 15) is 10.1 Å². The number of nitrogens with one attached hydrogen (secondary N) is 1. The normalized spacial score (nSPS) is 11.2. The molecule has 0 radical (unpaired) electrons. The molecule has 6 nitrogen and oxygen atoms in total. The third kappa shape index (κ3) is 2.07. The molecule has 6 heteroatoms. The van der Waals surface area contributed by atoms with Gasteiger partial charge >= 0.3 is 0 Å². The summed E-state index contributed by atoms with van der Waals surface area (Å²) in [6.07, 6.45) is 1.65. The first-order valence-corrected chi connectivity index (χ1v) is 7.02. The molecule has 0 unspecified atom stereocenters. The van der Waals surface area contributed by atoms with Crippen LogP contribution in [-0.4, -0.2) is 14.0 Å². The molecule has 0 aromatic carbocycles. The summed E-state index contributed by atoms with van der Waals surface area (Å²) in [5, 5.41) is 17.8. The van der Waals surface area contributed by atoms with Crippen molar-refractivity contribution in [3.8, 4) is 6.07 Å². The Kier molecular flexibility index (Phi) is 3.26. The van der Waals surface area contributed by atoms with E-state index in [4.69, 9.17) is 5.41 Å². The van der Waals surface area contributed by atoms with Gasteiger partial charge in [-0.1, -0.05) is 19.9 Å². The van der Waals surface area contributed by atoms with Crippen molar-refractivity contribution >= 4 is 16.7 Å². The fourth-order valence-corrected chi connectivity index (χ4v) is 2.52. The number of pyridine rings is 2. The zero-order chi connectivity index (χ0) is 15.9. The maximum Gasteiger partial charge on any atom is 0.267 e. The van der Waals surface area contributed by atoms with Crippen LogP contribution in [0.4, 0.5) is 0 Å². The molecule has 0 saturated carbocycles. The molecule has 3 rings (SSSR count). The lowest BCUT2D eigenvalue weighted by molar-refractivity contribution is 0.513. The van der Waals surface area contributed by atoms with Crippen molar-refractivity contribution in [2.24, 2.45) is 5.92 Å². The number of nitrogens with zero attached hydrogens (tertiary/aromatic N) is 4. The van der Waals surface area contributed by atoms with Crippen LogP contribution in [0.1, 0.15) is 19.4 Å². The minimum atomic E-state index is -0.227. The summed E-state index contributed by atoms with van der Waals surface area (Å²) in [6, 6.07) is 8.78. The van der Waals surface area contributed by atoms with Crippen molar-refractivity contribution in [2.75, 3.05) is 0 Å². The number of fused-ring (bicyclic) bond motifs is 2. The molecular formula is C16H15N5O. The Bertz CT molecular complexity index is 1040. The Balaban J connectivity index is 2.55. The van der Waals surface area contributed by atoms with Crippen LogP contribution in [0, 0.1) is 22.7 Å². The lowest BCUT2D eigenvalue weighted by atomic mass is 10.2. The van der Waals surface area contributed by atoms with Crippen molar-refractivity contribution in [3.63, 3.8) is 0 Å². The van der Waals surface area contributed by atoms with E-state index in [1.54, 1.807) is 22.9 Å². The molecule has 3 aromatic heterocycles. The zero-order valence-corrected chi connectivity index (χ0v) is 12.4. The maximum atomic E-state index is 12.6. The third-order valence-corrected chi connectivity index (χ3v) is 3.49. The van der Waals surface area contributed by atoms with Crippen LogP contribution in [0.3, 0.4) is 0 Å². The first-order chi connectivity index (χ1) is 10.5. The van der Waals surface area contributed by atoms with E-state index in [1.807, 2.05) is 26.0 Å². The van der Waals surface area contributed by atoms with Gasteiger partial charge in [0.1, 0.15) is 22.9 Å². The molecule has 0 atom stereocenters. The topological polar surface area (TPSA) is 86.9 Å². The van der Waals surface area contributed by atoms with Crippen LogP contribution in [0.5, 0.6) is 0 Å². The number of aromatic nitrogens is 3. The zero-order valence-electron chi connectivity index (χ0n) is 12.4. The molecule has 110 valence electrons. The van der Waals surface area contributed by atoms with Gasteiger partial charge in [0, 0.05) is 12.7 Å². The maximum absolute atomic E-state index is 12.6. The second-order valence-electron chi connectivity index (χ2n) is 5.61. The van der Waals surface area contributed by atoms with E-state index in [-0.39, 0.29) is 22.5 Å². The van der Waals surface area contributed by atoms with Crippen molar-refractivity contribution in [1.82, 2.24) is 14.0 Å². The van der Waals surface area contributed by atoms with Gasteiger partial charge in [0.25, 0.3) is 5.56 Å². The van der Waals surface area contributed by atoms with Crippen LogP contribution < -0.4 is 11.0 Å². The van der Waals surface area contributed by atoms with Gasteiger partial charge in [0.05, 0.1) is 10.9 Å². The van der Waals surface area contributed by atoms with E-state index in [2.05, 4.69) is 4.98 Å². The summed E-state index contributed by atoms with van der Waals surface area (Å²) in [6.45, 7) is 4.57. The number of hydrogen-bond acceptors (Lipinski definition) is 4. The SMILES string of the molecule is CC(C)Cn1c(=N)c(C#N)cc2c(=O)n3ccccc3nc21. The average Bonchev–Trinajstić information content (AvgIpc) is 2.50. The molecule has 0 spiro atoms. The fraction of sp³-hybridized carbons (Fsp3) is 0.250. The summed E-state index contributed by atoms with van der Waals surface area (Å²) in [5.41, 5.74) is 1.03. The molecule has 0 bridgehead atoms. The third-order valence-electron chi connectivity index (χ3n) is 3.49. The minimum Gasteiger partial charge on any atom is -0.309 e. The van der Waals surface area contributed by atoms with Crippen LogP contribution in [0.15, 0.2) is 35.3 Å². The molecule has 0 aliphatic heterocycles. The van der Waals surface area contributed by atoms with Crippen molar-refractivity contribution < 1.29 is 0 Å². The second-order valence-corrected chi connectivity index (χ2v) is 5.61. The van der Waals surface area contributed by atoms with Crippen LogP contribution >= 0.6 is 0 Å². The van der Waals surface area contributed by atoms with Gasteiger partial charge in [-0.15, -0.1) is 0 Å². The summed E-state index contributed by atoms with van der Waals surface area (Å²) >= 11 is 0. The molecule has 0 aliphatic carbocycles. The van der Waals surface area contributed by atoms with Gasteiger partial charge in [-0.2, -0.15) is 5.26 Å². The summed E-state index contributed by atoms with van der Waals surface area (Å²) < 4.78 is 3.10. The van der Waals surface area contributed by atoms with Crippen molar-refractivity contribution in [2.45, 2.75) is 20.4 Å². The smallest absolute Gasteiger partial charge is 0.267 e. The van der Waals surface area contributed by atoms with E-state index in [0.717, 1.165) is 0 Å². The predicted octanol–water partition coefficient (Wildman–Crippen LogP) is 1.66. The highest BCUT2D eigenvalue weighted by Gasteiger charge is 2.13. The largest absolute Gasteiger partial charge is 0.309 e. The Labute approximate surface area is 126 Å². The summed E-state index contributed by atoms with van der Waals surface area (Å²) in [4.78, 5) is 17.2. The van der Waals surface area contributed by atoms with Gasteiger partial charge in [0.15, 0.2) is 0 Å². The summed E-state index contributed by atoms with van der Waals surface area (Å²) in [7, 11) is 0. The first-order valence-electron chi connectivity index (χ1n) is 7.02.